The highest BCUT2D eigenvalue weighted by Crippen LogP contribution is 2.16. The molecule has 1 rings (SSSR count). The smallest absolute Gasteiger partial charge is 0.184 e. The summed E-state index contributed by atoms with van der Waals surface area (Å²) in [6, 6.07) is 6.61. The van der Waals surface area contributed by atoms with E-state index in [0.717, 1.165) is 5.69 Å². The third kappa shape index (κ3) is 2.27. The van der Waals surface area contributed by atoms with Crippen LogP contribution in [0, 0.1) is 0 Å². The summed E-state index contributed by atoms with van der Waals surface area (Å²) in [5.74, 6) is 0.838. The molecule has 0 atom stereocenters. The first-order valence-corrected chi connectivity index (χ1v) is 3.60. The first-order valence-electron chi connectivity index (χ1n) is 3.60. The molecule has 3 nitrogen and oxygen atoms in total. The van der Waals surface area contributed by atoms with Gasteiger partial charge < -0.3 is 9.84 Å². The normalized spacial score (nSPS) is 11.3. The van der Waals surface area contributed by atoms with Gasteiger partial charge in [0.05, 0.1) is 12.8 Å². The minimum Gasteiger partial charge on any atom is -0.508 e. The Labute approximate surface area is 71.3 Å². The fraction of sp³-hybridized carbons (Fsp3) is 0.222. The summed E-state index contributed by atoms with van der Waals surface area (Å²) in [7, 11) is 1.57. The van der Waals surface area contributed by atoms with E-state index in [4.69, 9.17) is 9.84 Å². The molecule has 0 amide bonds. The van der Waals surface area contributed by atoms with Gasteiger partial charge >= 0.3 is 0 Å². The van der Waals surface area contributed by atoms with E-state index in [1.807, 2.05) is 0 Å². The lowest BCUT2D eigenvalue weighted by Gasteiger charge is -1.97. The third-order valence-corrected chi connectivity index (χ3v) is 1.43. The monoisotopic (exact) mass is 165 g/mol. The summed E-state index contributed by atoms with van der Waals surface area (Å²) in [5.41, 5.74) is 0.771. The molecule has 0 heterocycles. The molecule has 0 aliphatic heterocycles. The van der Waals surface area contributed by atoms with Crippen LogP contribution in [-0.4, -0.2) is 18.1 Å². The Hall–Kier alpha value is -1.51. The molecule has 3 heteroatoms. The molecule has 64 valence electrons. The van der Waals surface area contributed by atoms with Gasteiger partial charge in [-0.3, -0.25) is 0 Å². The SMILES string of the molecule is CO/C(C)=N\c1ccc(O)cc1. The van der Waals surface area contributed by atoms with Crippen molar-refractivity contribution in [2.75, 3.05) is 7.11 Å². The van der Waals surface area contributed by atoms with Crippen molar-refractivity contribution >= 4 is 11.6 Å². The molecular weight excluding hydrogens is 154 g/mol. The highest BCUT2D eigenvalue weighted by atomic mass is 16.5. The van der Waals surface area contributed by atoms with Crippen LogP contribution in [0.15, 0.2) is 29.3 Å². The van der Waals surface area contributed by atoms with Gasteiger partial charge in [-0.1, -0.05) is 0 Å². The van der Waals surface area contributed by atoms with Gasteiger partial charge in [-0.25, -0.2) is 4.99 Å². The number of phenols is 1. The Morgan fingerprint density at radius 2 is 1.92 bits per heavy atom. The quantitative estimate of drug-likeness (QED) is 0.511. The Bertz CT molecular complexity index is 277. The van der Waals surface area contributed by atoms with Crippen LogP contribution in [0.1, 0.15) is 6.92 Å². The maximum Gasteiger partial charge on any atom is 0.184 e. The Balaban J connectivity index is 2.84. The molecule has 0 spiro atoms. The van der Waals surface area contributed by atoms with Gasteiger partial charge in [0.2, 0.25) is 0 Å². The number of nitrogens with zero attached hydrogens (tertiary/aromatic N) is 1. The van der Waals surface area contributed by atoms with E-state index < -0.39 is 0 Å². The zero-order chi connectivity index (χ0) is 8.97. The molecule has 0 aromatic heterocycles. The Kier molecular flexibility index (Phi) is 2.69. The van der Waals surface area contributed by atoms with Crippen molar-refractivity contribution < 1.29 is 9.84 Å². The minimum absolute atomic E-state index is 0.240. The van der Waals surface area contributed by atoms with E-state index in [1.165, 1.54) is 0 Å². The molecule has 1 N–H and O–H groups in total. The fourth-order valence-corrected chi connectivity index (χ4v) is 0.755. The second kappa shape index (κ2) is 3.76. The summed E-state index contributed by atoms with van der Waals surface area (Å²) in [4.78, 5) is 4.10. The van der Waals surface area contributed by atoms with E-state index in [2.05, 4.69) is 4.99 Å². The first kappa shape index (κ1) is 8.59. The van der Waals surface area contributed by atoms with Crippen molar-refractivity contribution in [2.24, 2.45) is 4.99 Å². The van der Waals surface area contributed by atoms with Crippen LogP contribution >= 0.6 is 0 Å². The molecule has 0 radical (unpaired) electrons. The van der Waals surface area contributed by atoms with Crippen molar-refractivity contribution in [1.82, 2.24) is 0 Å². The average molecular weight is 165 g/mol. The van der Waals surface area contributed by atoms with Crippen molar-refractivity contribution in [3.05, 3.63) is 24.3 Å². The van der Waals surface area contributed by atoms with E-state index in [-0.39, 0.29) is 5.75 Å². The number of phenolic OH excluding ortho intramolecular Hbond substituents is 1. The first-order chi connectivity index (χ1) is 5.72. The zero-order valence-electron chi connectivity index (χ0n) is 7.11. The molecular formula is C9H11NO2. The summed E-state index contributed by atoms with van der Waals surface area (Å²) >= 11 is 0. The zero-order valence-corrected chi connectivity index (χ0v) is 7.11. The molecule has 0 aliphatic carbocycles. The lowest BCUT2D eigenvalue weighted by molar-refractivity contribution is 0.400. The van der Waals surface area contributed by atoms with E-state index in [9.17, 15) is 0 Å². The standard InChI is InChI=1S/C9H11NO2/c1-7(12-2)10-8-3-5-9(11)6-4-8/h3-6,11H,1-2H3/b10-7-. The number of ether oxygens (including phenoxy) is 1. The van der Waals surface area contributed by atoms with Gasteiger partial charge in [0, 0.05) is 6.92 Å². The van der Waals surface area contributed by atoms with Crippen molar-refractivity contribution in [1.29, 1.82) is 0 Å². The second-order valence-corrected chi connectivity index (χ2v) is 2.35. The molecule has 0 aliphatic rings. The second-order valence-electron chi connectivity index (χ2n) is 2.35. The number of aliphatic imine (C=N–C) groups is 1. The van der Waals surface area contributed by atoms with Crippen LogP contribution in [-0.2, 0) is 4.74 Å². The van der Waals surface area contributed by atoms with Crippen LogP contribution in [0.5, 0.6) is 5.75 Å². The number of aromatic hydroxyl groups is 1. The van der Waals surface area contributed by atoms with E-state index in [0.29, 0.717) is 5.90 Å². The predicted molar refractivity (Wildman–Crippen MR) is 47.9 cm³/mol. The van der Waals surface area contributed by atoms with Crippen LogP contribution in [0.4, 0.5) is 5.69 Å². The van der Waals surface area contributed by atoms with Gasteiger partial charge in [-0.2, -0.15) is 0 Å². The molecule has 0 fully saturated rings. The lowest BCUT2D eigenvalue weighted by Crippen LogP contribution is -1.91. The maximum atomic E-state index is 8.97. The number of benzene rings is 1. The summed E-state index contributed by atoms with van der Waals surface area (Å²) < 4.78 is 4.87. The average Bonchev–Trinajstić information content (AvgIpc) is 2.09. The Morgan fingerprint density at radius 1 is 1.33 bits per heavy atom. The predicted octanol–water partition coefficient (Wildman–Crippen LogP) is 2.09. The minimum atomic E-state index is 0.240. The Morgan fingerprint density at radius 3 is 2.42 bits per heavy atom. The number of rotatable bonds is 1. The van der Waals surface area contributed by atoms with E-state index in [1.54, 1.807) is 38.3 Å². The van der Waals surface area contributed by atoms with Crippen LogP contribution in [0.2, 0.25) is 0 Å². The molecule has 0 unspecified atom stereocenters. The summed E-state index contributed by atoms with van der Waals surface area (Å²) in [6.07, 6.45) is 0. The molecule has 1 aromatic rings. The van der Waals surface area contributed by atoms with Crippen LogP contribution in [0.25, 0.3) is 0 Å². The van der Waals surface area contributed by atoms with Crippen molar-refractivity contribution in [3.8, 4) is 5.75 Å². The van der Waals surface area contributed by atoms with Crippen LogP contribution < -0.4 is 0 Å². The summed E-state index contributed by atoms with van der Waals surface area (Å²) in [6.45, 7) is 1.77. The third-order valence-electron chi connectivity index (χ3n) is 1.43. The van der Waals surface area contributed by atoms with E-state index >= 15 is 0 Å². The van der Waals surface area contributed by atoms with Crippen LogP contribution in [0.3, 0.4) is 0 Å². The largest absolute Gasteiger partial charge is 0.508 e. The molecule has 0 saturated carbocycles. The van der Waals surface area contributed by atoms with Gasteiger partial charge in [0.15, 0.2) is 5.90 Å². The van der Waals surface area contributed by atoms with Crippen molar-refractivity contribution in [2.45, 2.75) is 6.92 Å². The van der Waals surface area contributed by atoms with Gasteiger partial charge in [-0.05, 0) is 24.3 Å². The van der Waals surface area contributed by atoms with Gasteiger partial charge in [-0.15, -0.1) is 0 Å². The number of methoxy groups -OCH3 is 1. The molecule has 12 heavy (non-hydrogen) atoms. The lowest BCUT2D eigenvalue weighted by atomic mass is 10.3. The summed E-state index contributed by atoms with van der Waals surface area (Å²) in [5, 5.41) is 8.97. The van der Waals surface area contributed by atoms with Gasteiger partial charge in [0.1, 0.15) is 5.75 Å². The molecule has 1 aromatic carbocycles. The number of hydrogen-bond donors (Lipinski definition) is 1. The molecule has 0 saturated heterocycles. The molecule has 0 bridgehead atoms. The fourth-order valence-electron chi connectivity index (χ4n) is 0.755. The topological polar surface area (TPSA) is 41.8 Å². The highest BCUT2D eigenvalue weighted by molar-refractivity contribution is 5.76. The highest BCUT2D eigenvalue weighted by Gasteiger charge is 1.91. The van der Waals surface area contributed by atoms with Crippen molar-refractivity contribution in [3.63, 3.8) is 0 Å². The number of hydrogen-bond acceptors (Lipinski definition) is 3. The van der Waals surface area contributed by atoms with Gasteiger partial charge in [0.25, 0.3) is 0 Å². The maximum absolute atomic E-state index is 8.97.